The van der Waals surface area contributed by atoms with Crippen LogP contribution in [0.25, 0.3) is 0 Å². The highest BCUT2D eigenvalue weighted by molar-refractivity contribution is 6.30. The van der Waals surface area contributed by atoms with Crippen LogP contribution in [-0.2, 0) is 0 Å². The summed E-state index contributed by atoms with van der Waals surface area (Å²) in [5.74, 6) is 0.614. The number of rotatable bonds is 0. The molecule has 0 saturated carbocycles. The average molecular weight is 224 g/mol. The zero-order valence-electron chi connectivity index (χ0n) is 9.84. The maximum absolute atomic E-state index is 6.06. The first-order chi connectivity index (χ1) is 6.92. The molecule has 2 heteroatoms. The van der Waals surface area contributed by atoms with Crippen LogP contribution in [0.1, 0.15) is 38.7 Å². The number of fused-ring (bicyclic) bond motifs is 1. The Morgan fingerprint density at radius 2 is 2.07 bits per heavy atom. The van der Waals surface area contributed by atoms with E-state index in [0.717, 1.165) is 5.02 Å². The highest BCUT2D eigenvalue weighted by Gasteiger charge is 2.33. The Morgan fingerprint density at radius 1 is 1.40 bits per heavy atom. The Balaban J connectivity index is 2.55. The maximum Gasteiger partial charge on any atom is 0.0426 e. The Kier molecular flexibility index (Phi) is 2.46. The molecule has 0 aromatic heterocycles. The van der Waals surface area contributed by atoms with Gasteiger partial charge in [0, 0.05) is 23.3 Å². The summed E-state index contributed by atoms with van der Waals surface area (Å²) >= 11 is 6.06. The molecule has 0 saturated heterocycles. The number of anilines is 1. The van der Waals surface area contributed by atoms with Crippen LogP contribution < -0.4 is 4.90 Å². The van der Waals surface area contributed by atoms with Crippen molar-refractivity contribution in [3.8, 4) is 0 Å². The largest absolute Gasteiger partial charge is 0.369 e. The van der Waals surface area contributed by atoms with E-state index in [-0.39, 0.29) is 5.54 Å². The minimum absolute atomic E-state index is 0.219. The van der Waals surface area contributed by atoms with E-state index in [9.17, 15) is 0 Å². The molecule has 0 spiro atoms. The van der Waals surface area contributed by atoms with Gasteiger partial charge in [-0.3, -0.25) is 0 Å². The molecule has 0 N–H and O–H groups in total. The first kappa shape index (κ1) is 10.8. The summed E-state index contributed by atoms with van der Waals surface area (Å²) in [5.41, 5.74) is 2.92. The fourth-order valence-corrected chi connectivity index (χ4v) is 2.71. The second-order valence-electron chi connectivity index (χ2n) is 5.18. The fourth-order valence-electron chi connectivity index (χ4n) is 2.55. The van der Waals surface area contributed by atoms with E-state index < -0.39 is 0 Å². The fraction of sp³-hybridized carbons (Fsp3) is 0.538. The molecule has 0 amide bonds. The van der Waals surface area contributed by atoms with E-state index in [2.05, 4.69) is 44.9 Å². The monoisotopic (exact) mass is 223 g/mol. The standard InChI is InChI=1S/C13H18ClN/c1-9-8-13(2,3)15(4)12-7-10(14)5-6-11(9)12/h5-7,9H,8H2,1-4H3. The second kappa shape index (κ2) is 3.41. The summed E-state index contributed by atoms with van der Waals surface area (Å²) in [6.07, 6.45) is 1.19. The highest BCUT2D eigenvalue weighted by atomic mass is 35.5. The van der Waals surface area contributed by atoms with Gasteiger partial charge in [0.1, 0.15) is 0 Å². The minimum Gasteiger partial charge on any atom is -0.369 e. The molecule has 0 radical (unpaired) electrons. The van der Waals surface area contributed by atoms with Crippen molar-refractivity contribution < 1.29 is 0 Å². The Hall–Kier alpha value is -0.690. The minimum atomic E-state index is 0.219. The molecule has 1 aromatic rings. The second-order valence-corrected chi connectivity index (χ2v) is 5.62. The zero-order valence-corrected chi connectivity index (χ0v) is 10.6. The van der Waals surface area contributed by atoms with Crippen LogP contribution in [0.2, 0.25) is 5.02 Å². The molecule has 82 valence electrons. The molecular weight excluding hydrogens is 206 g/mol. The molecule has 1 nitrogen and oxygen atoms in total. The summed E-state index contributed by atoms with van der Waals surface area (Å²) in [5, 5.41) is 0.825. The topological polar surface area (TPSA) is 3.24 Å². The first-order valence-electron chi connectivity index (χ1n) is 5.45. The Bertz CT molecular complexity index is 384. The molecule has 1 unspecified atom stereocenters. The van der Waals surface area contributed by atoms with E-state index in [1.54, 1.807) is 0 Å². The van der Waals surface area contributed by atoms with Gasteiger partial charge >= 0.3 is 0 Å². The van der Waals surface area contributed by atoms with Gasteiger partial charge in [-0.15, -0.1) is 0 Å². The van der Waals surface area contributed by atoms with Gasteiger partial charge < -0.3 is 4.90 Å². The third-order valence-electron chi connectivity index (χ3n) is 3.60. The van der Waals surface area contributed by atoms with Crippen LogP contribution in [0.15, 0.2) is 18.2 Å². The van der Waals surface area contributed by atoms with Crippen molar-refractivity contribution in [2.24, 2.45) is 0 Å². The molecule has 1 heterocycles. The van der Waals surface area contributed by atoms with Crippen LogP contribution in [0, 0.1) is 0 Å². The Morgan fingerprint density at radius 3 is 2.73 bits per heavy atom. The van der Waals surface area contributed by atoms with Crippen molar-refractivity contribution in [2.45, 2.75) is 38.6 Å². The van der Waals surface area contributed by atoms with Crippen molar-refractivity contribution in [3.63, 3.8) is 0 Å². The van der Waals surface area contributed by atoms with Crippen LogP contribution >= 0.6 is 11.6 Å². The lowest BCUT2D eigenvalue weighted by Crippen LogP contribution is -2.45. The predicted octanol–water partition coefficient (Wildman–Crippen LogP) is 4.06. The summed E-state index contributed by atoms with van der Waals surface area (Å²) < 4.78 is 0. The summed E-state index contributed by atoms with van der Waals surface area (Å²) in [6, 6.07) is 6.23. The van der Waals surface area contributed by atoms with E-state index in [1.807, 2.05) is 6.07 Å². The lowest BCUT2D eigenvalue weighted by Gasteiger charge is -2.45. The quantitative estimate of drug-likeness (QED) is 0.641. The highest BCUT2D eigenvalue weighted by Crippen LogP contribution is 2.43. The van der Waals surface area contributed by atoms with Crippen molar-refractivity contribution in [3.05, 3.63) is 28.8 Å². The lowest BCUT2D eigenvalue weighted by atomic mass is 9.80. The molecule has 0 fully saturated rings. The normalized spacial score (nSPS) is 23.8. The molecule has 15 heavy (non-hydrogen) atoms. The lowest BCUT2D eigenvalue weighted by molar-refractivity contribution is 0.395. The van der Waals surface area contributed by atoms with Gasteiger partial charge in [0.2, 0.25) is 0 Å². The molecule has 0 aliphatic carbocycles. The van der Waals surface area contributed by atoms with Crippen LogP contribution in [0.5, 0.6) is 0 Å². The van der Waals surface area contributed by atoms with Crippen molar-refractivity contribution >= 4 is 17.3 Å². The van der Waals surface area contributed by atoms with Crippen LogP contribution in [0.3, 0.4) is 0 Å². The first-order valence-corrected chi connectivity index (χ1v) is 5.83. The van der Waals surface area contributed by atoms with Gasteiger partial charge in [0.05, 0.1) is 0 Å². The van der Waals surface area contributed by atoms with Gasteiger partial charge in [-0.25, -0.2) is 0 Å². The zero-order chi connectivity index (χ0) is 11.2. The number of hydrogen-bond donors (Lipinski definition) is 0. The number of benzene rings is 1. The van der Waals surface area contributed by atoms with Gasteiger partial charge in [0.25, 0.3) is 0 Å². The van der Waals surface area contributed by atoms with Crippen LogP contribution in [-0.4, -0.2) is 12.6 Å². The molecule has 1 atom stereocenters. The smallest absolute Gasteiger partial charge is 0.0426 e. The van der Waals surface area contributed by atoms with Crippen LogP contribution in [0.4, 0.5) is 5.69 Å². The van der Waals surface area contributed by atoms with Crippen molar-refractivity contribution in [2.75, 3.05) is 11.9 Å². The van der Waals surface area contributed by atoms with Gasteiger partial charge in [0.15, 0.2) is 0 Å². The number of nitrogens with zero attached hydrogens (tertiary/aromatic N) is 1. The summed E-state index contributed by atoms with van der Waals surface area (Å²) in [7, 11) is 2.15. The Labute approximate surface area is 97.0 Å². The summed E-state index contributed by atoms with van der Waals surface area (Å²) in [4.78, 5) is 2.34. The van der Waals surface area contributed by atoms with Crippen molar-refractivity contribution in [1.82, 2.24) is 0 Å². The van der Waals surface area contributed by atoms with E-state index >= 15 is 0 Å². The average Bonchev–Trinajstić information content (AvgIpc) is 2.13. The molecular formula is C13H18ClN. The van der Waals surface area contributed by atoms with Gasteiger partial charge in [-0.05, 0) is 43.9 Å². The molecule has 1 aliphatic heterocycles. The SMILES string of the molecule is CC1CC(C)(C)N(C)c2cc(Cl)ccc21. The third kappa shape index (κ3) is 1.74. The van der Waals surface area contributed by atoms with Gasteiger partial charge in [-0.1, -0.05) is 24.6 Å². The number of halogens is 1. The van der Waals surface area contributed by atoms with E-state index in [1.165, 1.54) is 17.7 Å². The maximum atomic E-state index is 6.06. The molecule has 0 bridgehead atoms. The van der Waals surface area contributed by atoms with Crippen molar-refractivity contribution in [1.29, 1.82) is 0 Å². The molecule has 2 rings (SSSR count). The molecule has 1 aromatic carbocycles. The van der Waals surface area contributed by atoms with E-state index in [4.69, 9.17) is 11.6 Å². The molecule has 1 aliphatic rings. The third-order valence-corrected chi connectivity index (χ3v) is 3.83. The number of hydrogen-bond acceptors (Lipinski definition) is 1. The van der Waals surface area contributed by atoms with Gasteiger partial charge in [-0.2, -0.15) is 0 Å². The van der Waals surface area contributed by atoms with E-state index in [0.29, 0.717) is 5.92 Å². The predicted molar refractivity (Wildman–Crippen MR) is 67.0 cm³/mol. The summed E-state index contributed by atoms with van der Waals surface area (Å²) in [6.45, 7) is 6.86.